The van der Waals surface area contributed by atoms with E-state index in [2.05, 4.69) is 15.3 Å². The summed E-state index contributed by atoms with van der Waals surface area (Å²) in [5, 5.41) is 9.12. The minimum atomic E-state index is 0. The van der Waals surface area contributed by atoms with Gasteiger partial charge in [-0.25, -0.2) is 0 Å². The molecule has 0 bridgehead atoms. The number of benzene rings is 1. The lowest BCUT2D eigenvalue weighted by atomic mass is 10.1. The lowest BCUT2D eigenvalue weighted by molar-refractivity contribution is -0.690. The van der Waals surface area contributed by atoms with Crippen molar-refractivity contribution in [1.82, 2.24) is 15.3 Å². The van der Waals surface area contributed by atoms with E-state index in [0.717, 1.165) is 0 Å². The molecule has 0 amide bonds. The summed E-state index contributed by atoms with van der Waals surface area (Å²) >= 11 is 12.6. The van der Waals surface area contributed by atoms with Gasteiger partial charge >= 0.3 is 0 Å². The van der Waals surface area contributed by atoms with Crippen LogP contribution in [0.1, 0.15) is 11.7 Å². The summed E-state index contributed by atoms with van der Waals surface area (Å²) in [6.07, 6.45) is 3.84. The SMILES string of the molecule is Cc1onc(-c2c(Cl)cccc2Cl)c1-c1noc(C[n+]2ccccc2)n1.[Cl-]. The molecule has 3 aromatic heterocycles. The summed E-state index contributed by atoms with van der Waals surface area (Å²) in [6, 6.07) is 11.0. The number of hydrogen-bond donors (Lipinski definition) is 0. The topological polar surface area (TPSA) is 68.8 Å². The Hall–Kier alpha value is -2.41. The molecule has 9 heteroatoms. The molecule has 0 aliphatic carbocycles. The van der Waals surface area contributed by atoms with E-state index in [1.807, 2.05) is 35.2 Å². The maximum Gasteiger partial charge on any atom is 0.292 e. The number of halogens is 3. The third-order valence-electron chi connectivity index (χ3n) is 3.85. The van der Waals surface area contributed by atoms with Gasteiger partial charge in [-0.2, -0.15) is 9.55 Å². The number of hydrogen-bond acceptors (Lipinski definition) is 5. The van der Waals surface area contributed by atoms with Gasteiger partial charge in [-0.05, 0) is 19.1 Å². The van der Waals surface area contributed by atoms with Crippen LogP contribution in [0.3, 0.4) is 0 Å². The Morgan fingerprint density at radius 1 is 0.926 bits per heavy atom. The first-order chi connectivity index (χ1) is 12.6. The Kier molecular flexibility index (Phi) is 5.79. The molecule has 0 N–H and O–H groups in total. The Labute approximate surface area is 171 Å². The van der Waals surface area contributed by atoms with Crippen LogP contribution in [0.15, 0.2) is 57.8 Å². The van der Waals surface area contributed by atoms with Gasteiger partial charge in [-0.3, -0.25) is 0 Å². The van der Waals surface area contributed by atoms with Gasteiger partial charge in [0.05, 0.1) is 15.6 Å². The second-order valence-electron chi connectivity index (χ2n) is 5.62. The first kappa shape index (κ1) is 19.4. The van der Waals surface area contributed by atoms with E-state index in [0.29, 0.717) is 50.9 Å². The van der Waals surface area contributed by atoms with E-state index >= 15 is 0 Å². The molecule has 6 nitrogen and oxygen atoms in total. The highest BCUT2D eigenvalue weighted by atomic mass is 35.5. The molecule has 0 saturated carbocycles. The molecule has 4 aromatic rings. The Morgan fingerprint density at radius 3 is 2.33 bits per heavy atom. The molecule has 27 heavy (non-hydrogen) atoms. The fraction of sp³-hybridized carbons (Fsp3) is 0.111. The van der Waals surface area contributed by atoms with Crippen molar-refractivity contribution < 1.29 is 26.0 Å². The number of aryl methyl sites for hydroxylation is 1. The Morgan fingerprint density at radius 2 is 1.63 bits per heavy atom. The van der Waals surface area contributed by atoms with Crippen molar-refractivity contribution >= 4 is 23.2 Å². The normalized spacial score (nSPS) is 10.6. The van der Waals surface area contributed by atoms with Crippen LogP contribution in [0.2, 0.25) is 10.0 Å². The monoisotopic (exact) mass is 422 g/mol. The number of aromatic nitrogens is 4. The largest absolute Gasteiger partial charge is 1.00 e. The lowest BCUT2D eigenvalue weighted by Gasteiger charge is -2.04. The zero-order valence-corrected chi connectivity index (χ0v) is 16.3. The smallest absolute Gasteiger partial charge is 0.292 e. The van der Waals surface area contributed by atoms with E-state index in [1.165, 1.54) is 0 Å². The van der Waals surface area contributed by atoms with Crippen LogP contribution in [0.4, 0.5) is 0 Å². The molecule has 3 heterocycles. The number of nitrogens with zero attached hydrogens (tertiary/aromatic N) is 4. The highest BCUT2D eigenvalue weighted by Crippen LogP contribution is 2.40. The van der Waals surface area contributed by atoms with E-state index in [4.69, 9.17) is 32.2 Å². The molecule has 0 saturated heterocycles. The maximum atomic E-state index is 6.31. The highest BCUT2D eigenvalue weighted by molar-refractivity contribution is 6.39. The molecule has 0 aliphatic heterocycles. The minimum Gasteiger partial charge on any atom is -1.00 e. The van der Waals surface area contributed by atoms with Gasteiger partial charge in [0.25, 0.3) is 5.89 Å². The second-order valence-corrected chi connectivity index (χ2v) is 6.43. The number of pyridine rings is 1. The maximum absolute atomic E-state index is 6.31. The first-order valence-corrected chi connectivity index (χ1v) is 8.57. The van der Waals surface area contributed by atoms with Gasteiger partial charge in [0.1, 0.15) is 11.5 Å². The summed E-state index contributed by atoms with van der Waals surface area (Å²) in [5.41, 5.74) is 1.66. The molecule has 4 rings (SSSR count). The fourth-order valence-corrected chi connectivity index (χ4v) is 3.22. The van der Waals surface area contributed by atoms with Gasteiger partial charge in [0, 0.05) is 17.7 Å². The van der Waals surface area contributed by atoms with E-state index < -0.39 is 0 Å². The van der Waals surface area contributed by atoms with Crippen molar-refractivity contribution in [2.24, 2.45) is 0 Å². The van der Waals surface area contributed by atoms with Crippen molar-refractivity contribution in [3.63, 3.8) is 0 Å². The molecule has 0 aliphatic rings. The second kappa shape index (κ2) is 8.08. The standard InChI is InChI=1S/C18H13Cl2N4O2.ClH/c1-11-15(17(22-25-11)16-12(19)6-5-7-13(16)20)18-21-14(26-23-18)10-24-8-3-2-4-9-24;/h2-9H,10H2,1H3;1H/q+1;/p-1. The highest BCUT2D eigenvalue weighted by Gasteiger charge is 2.25. The summed E-state index contributed by atoms with van der Waals surface area (Å²) in [5.74, 6) is 1.39. The average Bonchev–Trinajstić information content (AvgIpc) is 3.22. The van der Waals surface area contributed by atoms with Gasteiger partial charge < -0.3 is 21.5 Å². The van der Waals surface area contributed by atoms with Gasteiger partial charge in [0.15, 0.2) is 12.4 Å². The van der Waals surface area contributed by atoms with Gasteiger partial charge in [-0.15, -0.1) is 0 Å². The minimum absolute atomic E-state index is 0. The van der Waals surface area contributed by atoms with Crippen LogP contribution in [-0.2, 0) is 6.54 Å². The average molecular weight is 424 g/mol. The van der Waals surface area contributed by atoms with Crippen LogP contribution in [0, 0.1) is 6.92 Å². The fourth-order valence-electron chi connectivity index (χ4n) is 2.65. The quantitative estimate of drug-likeness (QED) is 0.464. The molecule has 0 unspecified atom stereocenters. The van der Waals surface area contributed by atoms with Gasteiger partial charge in [0.2, 0.25) is 12.4 Å². The van der Waals surface area contributed by atoms with Crippen LogP contribution < -0.4 is 17.0 Å². The number of rotatable bonds is 4. The third-order valence-corrected chi connectivity index (χ3v) is 4.48. The Bertz CT molecular complexity index is 1040. The summed E-state index contributed by atoms with van der Waals surface area (Å²) in [6.45, 7) is 2.24. The van der Waals surface area contributed by atoms with Crippen molar-refractivity contribution in [2.45, 2.75) is 13.5 Å². The van der Waals surface area contributed by atoms with Crippen LogP contribution in [0.5, 0.6) is 0 Å². The van der Waals surface area contributed by atoms with Crippen molar-refractivity contribution in [3.8, 4) is 22.6 Å². The van der Waals surface area contributed by atoms with Crippen molar-refractivity contribution in [3.05, 3.63) is 70.5 Å². The van der Waals surface area contributed by atoms with E-state index in [-0.39, 0.29) is 12.4 Å². The van der Waals surface area contributed by atoms with Crippen LogP contribution >= 0.6 is 23.2 Å². The molecule has 0 spiro atoms. The first-order valence-electron chi connectivity index (χ1n) is 7.81. The molecule has 1 aromatic carbocycles. The molecular formula is C18H13Cl3N4O2. The van der Waals surface area contributed by atoms with Gasteiger partial charge in [-0.1, -0.05) is 45.6 Å². The molecular weight excluding hydrogens is 411 g/mol. The van der Waals surface area contributed by atoms with Crippen LogP contribution in [0.25, 0.3) is 22.6 Å². The summed E-state index contributed by atoms with van der Waals surface area (Å²) in [7, 11) is 0. The molecule has 0 fully saturated rings. The third kappa shape index (κ3) is 3.83. The summed E-state index contributed by atoms with van der Waals surface area (Å²) in [4.78, 5) is 4.47. The molecule has 138 valence electrons. The van der Waals surface area contributed by atoms with Crippen molar-refractivity contribution in [2.75, 3.05) is 0 Å². The predicted octanol–water partition coefficient (Wildman–Crippen LogP) is 1.35. The van der Waals surface area contributed by atoms with E-state index in [1.54, 1.807) is 25.1 Å². The summed E-state index contributed by atoms with van der Waals surface area (Å²) < 4.78 is 12.7. The zero-order valence-electron chi connectivity index (χ0n) is 14.1. The lowest BCUT2D eigenvalue weighted by Crippen LogP contribution is -3.00. The molecule has 0 atom stereocenters. The predicted molar refractivity (Wildman–Crippen MR) is 95.7 cm³/mol. The zero-order chi connectivity index (χ0) is 18.1. The van der Waals surface area contributed by atoms with E-state index in [9.17, 15) is 0 Å². The van der Waals surface area contributed by atoms with Crippen LogP contribution in [-0.4, -0.2) is 15.3 Å². The Balaban J connectivity index is 0.00000210. The van der Waals surface area contributed by atoms with Crippen molar-refractivity contribution in [1.29, 1.82) is 0 Å². The molecule has 0 radical (unpaired) electrons.